The summed E-state index contributed by atoms with van der Waals surface area (Å²) in [7, 11) is 0. The maximum absolute atomic E-state index is 12.2. The first kappa shape index (κ1) is 18.7. The third-order valence-corrected chi connectivity index (χ3v) is 4.03. The smallest absolute Gasteiger partial charge is 0.331 e. The van der Waals surface area contributed by atoms with E-state index in [1.807, 2.05) is 30.3 Å². The zero-order valence-corrected chi connectivity index (χ0v) is 15.8. The van der Waals surface area contributed by atoms with Crippen LogP contribution in [0, 0.1) is 0 Å². The van der Waals surface area contributed by atoms with Crippen molar-refractivity contribution in [2.24, 2.45) is 0 Å². The molecule has 1 aromatic heterocycles. The molecule has 1 heterocycles. The zero-order valence-electron chi connectivity index (χ0n) is 14.2. The van der Waals surface area contributed by atoms with Crippen LogP contribution in [0.25, 0.3) is 6.08 Å². The van der Waals surface area contributed by atoms with Gasteiger partial charge in [0.15, 0.2) is 4.67 Å². The molecule has 2 aromatic carbocycles. The molecule has 0 aliphatic rings. The summed E-state index contributed by atoms with van der Waals surface area (Å²) in [5.41, 5.74) is 2.04. The second-order valence-corrected chi connectivity index (χ2v) is 6.38. The summed E-state index contributed by atoms with van der Waals surface area (Å²) in [5, 5.41) is 2.82. The van der Waals surface area contributed by atoms with E-state index in [4.69, 9.17) is 9.15 Å². The molecule has 0 saturated carbocycles. The van der Waals surface area contributed by atoms with E-state index in [9.17, 15) is 9.59 Å². The minimum absolute atomic E-state index is 0.117. The van der Waals surface area contributed by atoms with Crippen molar-refractivity contribution in [1.82, 2.24) is 0 Å². The van der Waals surface area contributed by atoms with Gasteiger partial charge < -0.3 is 14.5 Å². The van der Waals surface area contributed by atoms with Crippen molar-refractivity contribution in [3.05, 3.63) is 94.4 Å². The second kappa shape index (κ2) is 9.00. The van der Waals surface area contributed by atoms with Gasteiger partial charge in [0.1, 0.15) is 12.4 Å². The van der Waals surface area contributed by atoms with Gasteiger partial charge in [0, 0.05) is 17.3 Å². The number of nitrogens with one attached hydrogen (secondary N) is 1. The summed E-state index contributed by atoms with van der Waals surface area (Å²) in [6.07, 6.45) is 2.83. The van der Waals surface area contributed by atoms with Crippen molar-refractivity contribution in [2.45, 2.75) is 6.61 Å². The van der Waals surface area contributed by atoms with Crippen molar-refractivity contribution in [2.75, 3.05) is 5.32 Å². The van der Waals surface area contributed by atoms with Crippen LogP contribution in [0.15, 0.2) is 81.9 Å². The highest BCUT2D eigenvalue weighted by atomic mass is 79.9. The summed E-state index contributed by atoms with van der Waals surface area (Å²) in [6, 6.07) is 19.6. The molecule has 0 bridgehead atoms. The predicted molar refractivity (Wildman–Crippen MR) is 106 cm³/mol. The fourth-order valence-corrected chi connectivity index (χ4v) is 2.57. The molecule has 1 amide bonds. The van der Waals surface area contributed by atoms with E-state index < -0.39 is 5.97 Å². The first-order valence-electron chi connectivity index (χ1n) is 8.16. The Morgan fingerprint density at radius 3 is 2.41 bits per heavy atom. The Bertz CT molecular complexity index is 946. The number of rotatable bonds is 6. The average Bonchev–Trinajstić information content (AvgIpc) is 3.11. The van der Waals surface area contributed by atoms with Crippen LogP contribution in [0.3, 0.4) is 0 Å². The topological polar surface area (TPSA) is 68.5 Å². The monoisotopic (exact) mass is 425 g/mol. The summed E-state index contributed by atoms with van der Waals surface area (Å²) >= 11 is 3.19. The molecule has 27 heavy (non-hydrogen) atoms. The molecule has 1 N–H and O–H groups in total. The van der Waals surface area contributed by atoms with Gasteiger partial charge in [-0.15, -0.1) is 0 Å². The van der Waals surface area contributed by atoms with E-state index in [0.29, 0.717) is 16.0 Å². The van der Waals surface area contributed by atoms with Gasteiger partial charge in [0.05, 0.1) is 0 Å². The summed E-state index contributed by atoms with van der Waals surface area (Å²) in [6.45, 7) is 0.117. The summed E-state index contributed by atoms with van der Waals surface area (Å²) in [5.74, 6) is -0.127. The van der Waals surface area contributed by atoms with Crippen LogP contribution in [0.2, 0.25) is 0 Å². The lowest BCUT2D eigenvalue weighted by atomic mass is 10.1. The number of benzene rings is 2. The number of amides is 1. The highest BCUT2D eigenvalue weighted by molar-refractivity contribution is 9.10. The number of hydrogen-bond acceptors (Lipinski definition) is 4. The van der Waals surface area contributed by atoms with E-state index >= 15 is 0 Å². The first-order chi connectivity index (χ1) is 13.1. The van der Waals surface area contributed by atoms with E-state index in [-0.39, 0.29) is 12.5 Å². The Kier molecular flexibility index (Phi) is 6.22. The molecule has 0 saturated heterocycles. The molecule has 0 unspecified atom stereocenters. The van der Waals surface area contributed by atoms with Gasteiger partial charge in [-0.05, 0) is 64.0 Å². The van der Waals surface area contributed by atoms with Gasteiger partial charge in [0.25, 0.3) is 5.91 Å². The lowest BCUT2D eigenvalue weighted by Crippen LogP contribution is -2.11. The maximum atomic E-state index is 12.2. The highest BCUT2D eigenvalue weighted by Gasteiger charge is 2.06. The molecular weight excluding hydrogens is 410 g/mol. The fourth-order valence-electron chi connectivity index (χ4n) is 2.25. The molecule has 3 aromatic rings. The Morgan fingerprint density at radius 2 is 1.74 bits per heavy atom. The third kappa shape index (κ3) is 5.69. The van der Waals surface area contributed by atoms with Crippen LogP contribution in [0.1, 0.15) is 21.7 Å². The number of anilines is 1. The molecule has 5 nitrogen and oxygen atoms in total. The molecule has 0 spiro atoms. The maximum Gasteiger partial charge on any atom is 0.331 e. The quantitative estimate of drug-likeness (QED) is 0.443. The molecule has 0 atom stereocenters. The molecule has 6 heteroatoms. The Hall–Kier alpha value is -3.12. The normalized spacial score (nSPS) is 10.7. The largest absolute Gasteiger partial charge is 0.458 e. The summed E-state index contributed by atoms with van der Waals surface area (Å²) < 4.78 is 11.0. The van der Waals surface area contributed by atoms with E-state index in [1.165, 1.54) is 12.2 Å². The lowest BCUT2D eigenvalue weighted by molar-refractivity contribution is -0.138. The number of halogens is 1. The predicted octanol–water partition coefficient (Wildman–Crippen LogP) is 5.05. The number of carbonyl (C=O) groups is 2. The molecule has 0 fully saturated rings. The van der Waals surface area contributed by atoms with E-state index in [1.54, 1.807) is 36.4 Å². The summed E-state index contributed by atoms with van der Waals surface area (Å²) in [4.78, 5) is 23.9. The van der Waals surface area contributed by atoms with Crippen molar-refractivity contribution < 1.29 is 18.7 Å². The zero-order chi connectivity index (χ0) is 19.1. The number of furan rings is 1. The van der Waals surface area contributed by atoms with Crippen LogP contribution in [0.4, 0.5) is 5.69 Å². The van der Waals surface area contributed by atoms with Crippen LogP contribution >= 0.6 is 15.9 Å². The van der Waals surface area contributed by atoms with Crippen LogP contribution in [-0.4, -0.2) is 11.9 Å². The molecule has 136 valence electrons. The van der Waals surface area contributed by atoms with Gasteiger partial charge in [-0.3, -0.25) is 4.79 Å². The van der Waals surface area contributed by atoms with E-state index in [0.717, 1.165) is 11.3 Å². The standard InChI is InChI=1S/C21H16BrNO4/c22-19-12-10-18(27-19)11-13-20(24)26-14-15-6-8-16(9-7-15)21(25)23-17-4-2-1-3-5-17/h1-13H,14H2,(H,23,25)/b13-11+. The number of para-hydroxylation sites is 1. The van der Waals surface area contributed by atoms with Crippen molar-refractivity contribution in [3.8, 4) is 0 Å². The Labute approximate surface area is 164 Å². The fraction of sp³-hybridized carbons (Fsp3) is 0.0476. The Balaban J connectivity index is 1.50. The molecule has 0 aliphatic heterocycles. The third-order valence-electron chi connectivity index (χ3n) is 3.61. The molecular formula is C21H16BrNO4. The number of esters is 1. The molecule has 0 aliphatic carbocycles. The SMILES string of the molecule is O=C(/C=C/c1ccc(Br)o1)OCc1ccc(C(=O)Nc2ccccc2)cc1. The minimum atomic E-state index is -0.478. The van der Waals surface area contributed by atoms with Gasteiger partial charge in [-0.2, -0.15) is 0 Å². The van der Waals surface area contributed by atoms with Crippen molar-refractivity contribution >= 4 is 39.6 Å². The second-order valence-electron chi connectivity index (χ2n) is 5.60. The first-order valence-corrected chi connectivity index (χ1v) is 8.95. The minimum Gasteiger partial charge on any atom is -0.458 e. The van der Waals surface area contributed by atoms with Crippen molar-refractivity contribution in [1.29, 1.82) is 0 Å². The molecule has 0 radical (unpaired) electrons. The average molecular weight is 426 g/mol. The highest BCUT2D eigenvalue weighted by Crippen LogP contribution is 2.15. The van der Waals surface area contributed by atoms with Crippen LogP contribution < -0.4 is 5.32 Å². The van der Waals surface area contributed by atoms with E-state index in [2.05, 4.69) is 21.2 Å². The van der Waals surface area contributed by atoms with Gasteiger partial charge in [0.2, 0.25) is 0 Å². The van der Waals surface area contributed by atoms with Gasteiger partial charge in [-0.1, -0.05) is 30.3 Å². The van der Waals surface area contributed by atoms with Crippen molar-refractivity contribution in [3.63, 3.8) is 0 Å². The van der Waals surface area contributed by atoms with Gasteiger partial charge >= 0.3 is 5.97 Å². The Morgan fingerprint density at radius 1 is 1.00 bits per heavy atom. The number of ether oxygens (including phenoxy) is 1. The van der Waals surface area contributed by atoms with Gasteiger partial charge in [-0.25, -0.2) is 4.79 Å². The van der Waals surface area contributed by atoms with Crippen LogP contribution in [0.5, 0.6) is 0 Å². The number of carbonyl (C=O) groups excluding carboxylic acids is 2. The number of hydrogen-bond donors (Lipinski definition) is 1. The van der Waals surface area contributed by atoms with Crippen LogP contribution in [-0.2, 0) is 16.1 Å². The lowest BCUT2D eigenvalue weighted by Gasteiger charge is -2.06. The molecule has 3 rings (SSSR count).